The van der Waals surface area contributed by atoms with Crippen LogP contribution in [0.4, 0.5) is 10.1 Å². The maximum Gasteiger partial charge on any atom is 0.285 e. The molecular weight excluding hydrogens is 305 g/mol. The highest BCUT2D eigenvalue weighted by Gasteiger charge is 2.22. The number of carbonyl (C=O) groups is 2. The largest absolute Gasteiger partial charge is 0.285 e. The van der Waals surface area contributed by atoms with Gasteiger partial charge in [0.25, 0.3) is 17.5 Å². The molecule has 2 rings (SSSR count). The van der Waals surface area contributed by atoms with E-state index < -0.39 is 22.6 Å². The molecule has 0 aliphatic rings. The van der Waals surface area contributed by atoms with Crippen molar-refractivity contribution in [2.75, 3.05) is 0 Å². The van der Waals surface area contributed by atoms with E-state index in [0.29, 0.717) is 5.56 Å². The number of hydrogen-bond donors (Lipinski definition) is 2. The van der Waals surface area contributed by atoms with Gasteiger partial charge >= 0.3 is 0 Å². The molecule has 8 heteroatoms. The van der Waals surface area contributed by atoms with Crippen LogP contribution in [0, 0.1) is 22.9 Å². The van der Waals surface area contributed by atoms with Crippen LogP contribution in [0.2, 0.25) is 0 Å². The fraction of sp³-hybridized carbons (Fsp3) is 0.0667. The minimum Gasteiger partial charge on any atom is -0.267 e. The van der Waals surface area contributed by atoms with Gasteiger partial charge in [-0.1, -0.05) is 12.1 Å². The number of nitrogens with zero attached hydrogens (tertiary/aromatic N) is 1. The zero-order chi connectivity index (χ0) is 17.0. The molecule has 2 amide bonds. The molecule has 0 saturated heterocycles. The minimum atomic E-state index is -0.823. The highest BCUT2D eigenvalue weighted by Crippen LogP contribution is 2.22. The van der Waals surface area contributed by atoms with Crippen molar-refractivity contribution in [1.29, 1.82) is 0 Å². The summed E-state index contributed by atoms with van der Waals surface area (Å²) in [6.45, 7) is 1.51. The van der Waals surface area contributed by atoms with Crippen molar-refractivity contribution in [3.63, 3.8) is 0 Å². The lowest BCUT2D eigenvalue weighted by molar-refractivity contribution is -0.385. The molecule has 0 unspecified atom stereocenters. The molecule has 0 spiro atoms. The van der Waals surface area contributed by atoms with Gasteiger partial charge in [0, 0.05) is 11.1 Å². The molecule has 0 aliphatic carbocycles. The quantitative estimate of drug-likeness (QED) is 0.668. The molecule has 2 N–H and O–H groups in total. The van der Waals surface area contributed by atoms with Crippen molar-refractivity contribution in [3.05, 3.63) is 75.1 Å². The average Bonchev–Trinajstić information content (AvgIpc) is 2.52. The van der Waals surface area contributed by atoms with Crippen LogP contribution >= 0.6 is 0 Å². The molecule has 7 nitrogen and oxygen atoms in total. The van der Waals surface area contributed by atoms with Gasteiger partial charge in [0.05, 0.1) is 4.92 Å². The molecule has 0 aliphatic heterocycles. The highest BCUT2D eigenvalue weighted by atomic mass is 19.1. The molecule has 23 heavy (non-hydrogen) atoms. The fourth-order valence-corrected chi connectivity index (χ4v) is 1.94. The lowest BCUT2D eigenvalue weighted by atomic mass is 10.1. The first-order valence-corrected chi connectivity index (χ1v) is 6.50. The second kappa shape index (κ2) is 6.65. The van der Waals surface area contributed by atoms with Crippen LogP contribution in [0.3, 0.4) is 0 Å². The number of aryl methyl sites for hydroxylation is 1. The van der Waals surface area contributed by atoms with Gasteiger partial charge in [-0.3, -0.25) is 30.6 Å². The first-order chi connectivity index (χ1) is 10.9. The van der Waals surface area contributed by atoms with E-state index in [-0.39, 0.29) is 16.8 Å². The Labute approximate surface area is 130 Å². The highest BCUT2D eigenvalue weighted by molar-refractivity contribution is 6.01. The first kappa shape index (κ1) is 16.1. The summed E-state index contributed by atoms with van der Waals surface area (Å²) in [6, 6.07) is 8.97. The van der Waals surface area contributed by atoms with Crippen molar-refractivity contribution in [3.8, 4) is 0 Å². The molecule has 0 atom stereocenters. The molecule has 2 aromatic carbocycles. The SMILES string of the molecule is Cc1cccc(C(=O)NNC(=O)c2ccc(F)cc2)c1[N+](=O)[O-]. The van der Waals surface area contributed by atoms with Crippen LogP contribution in [0.5, 0.6) is 0 Å². The molecule has 2 aromatic rings. The predicted octanol–water partition coefficient (Wildman–Crippen LogP) is 2.12. The Morgan fingerprint density at radius 1 is 1.04 bits per heavy atom. The van der Waals surface area contributed by atoms with E-state index in [1.807, 2.05) is 0 Å². The van der Waals surface area contributed by atoms with Crippen LogP contribution in [0.1, 0.15) is 26.3 Å². The van der Waals surface area contributed by atoms with Crippen molar-refractivity contribution in [2.24, 2.45) is 0 Å². The number of benzene rings is 2. The maximum absolute atomic E-state index is 12.8. The third kappa shape index (κ3) is 3.67. The molecular formula is C15H12FN3O4. The summed E-state index contributed by atoms with van der Waals surface area (Å²) in [5.41, 5.74) is 4.17. The van der Waals surface area contributed by atoms with Crippen LogP contribution < -0.4 is 10.9 Å². The Hall–Kier alpha value is -3.29. The second-order valence-electron chi connectivity index (χ2n) is 4.64. The van der Waals surface area contributed by atoms with E-state index >= 15 is 0 Å². The van der Waals surface area contributed by atoms with Gasteiger partial charge in [0.1, 0.15) is 11.4 Å². The number of rotatable bonds is 3. The van der Waals surface area contributed by atoms with Crippen LogP contribution in [-0.4, -0.2) is 16.7 Å². The zero-order valence-electron chi connectivity index (χ0n) is 12.0. The van der Waals surface area contributed by atoms with Crippen LogP contribution in [0.15, 0.2) is 42.5 Å². The number of nitrogens with one attached hydrogen (secondary N) is 2. The summed E-state index contributed by atoms with van der Waals surface area (Å²) >= 11 is 0. The third-order valence-corrected chi connectivity index (χ3v) is 3.06. The lowest BCUT2D eigenvalue weighted by Crippen LogP contribution is -2.41. The Bertz CT molecular complexity index is 775. The Morgan fingerprint density at radius 3 is 2.26 bits per heavy atom. The molecule has 0 fully saturated rings. The van der Waals surface area contributed by atoms with Gasteiger partial charge in [-0.15, -0.1) is 0 Å². The van der Waals surface area contributed by atoms with E-state index in [1.54, 1.807) is 0 Å². The number of para-hydroxylation sites is 1. The van der Waals surface area contributed by atoms with Crippen LogP contribution in [-0.2, 0) is 0 Å². The third-order valence-electron chi connectivity index (χ3n) is 3.06. The monoisotopic (exact) mass is 317 g/mol. The zero-order valence-corrected chi connectivity index (χ0v) is 12.0. The summed E-state index contributed by atoms with van der Waals surface area (Å²) in [4.78, 5) is 34.2. The molecule has 0 heterocycles. The van der Waals surface area contributed by atoms with Crippen molar-refractivity contribution in [1.82, 2.24) is 10.9 Å². The number of carbonyl (C=O) groups excluding carboxylic acids is 2. The molecule has 0 bridgehead atoms. The smallest absolute Gasteiger partial charge is 0.267 e. The van der Waals surface area contributed by atoms with Gasteiger partial charge < -0.3 is 0 Å². The van der Waals surface area contributed by atoms with Gasteiger partial charge in [0.2, 0.25) is 0 Å². The topological polar surface area (TPSA) is 101 Å². The Morgan fingerprint density at radius 2 is 1.65 bits per heavy atom. The number of nitro groups is 1. The van der Waals surface area contributed by atoms with E-state index in [0.717, 1.165) is 12.1 Å². The van der Waals surface area contributed by atoms with Gasteiger partial charge in [0.15, 0.2) is 0 Å². The van der Waals surface area contributed by atoms with E-state index in [1.165, 1.54) is 37.3 Å². The van der Waals surface area contributed by atoms with E-state index in [9.17, 15) is 24.1 Å². The van der Waals surface area contributed by atoms with Crippen molar-refractivity contribution < 1.29 is 18.9 Å². The number of hydrazine groups is 1. The number of halogens is 1. The number of hydrogen-bond acceptors (Lipinski definition) is 4. The summed E-state index contributed by atoms with van der Waals surface area (Å²) < 4.78 is 12.8. The number of nitro benzene ring substituents is 1. The second-order valence-corrected chi connectivity index (χ2v) is 4.64. The van der Waals surface area contributed by atoms with E-state index in [2.05, 4.69) is 10.9 Å². The van der Waals surface area contributed by atoms with Crippen LogP contribution in [0.25, 0.3) is 0 Å². The standard InChI is InChI=1S/C15H12FN3O4/c1-9-3-2-4-12(13(9)19(22)23)15(21)18-17-14(20)10-5-7-11(16)8-6-10/h2-8H,1H3,(H,17,20)(H,18,21). The normalized spacial score (nSPS) is 10.0. The molecule has 118 valence electrons. The Kier molecular flexibility index (Phi) is 4.65. The fourth-order valence-electron chi connectivity index (χ4n) is 1.94. The van der Waals surface area contributed by atoms with Gasteiger partial charge in [-0.05, 0) is 37.3 Å². The summed E-state index contributed by atoms with van der Waals surface area (Å²) in [6.07, 6.45) is 0. The summed E-state index contributed by atoms with van der Waals surface area (Å²) in [7, 11) is 0. The van der Waals surface area contributed by atoms with Gasteiger partial charge in [-0.25, -0.2) is 4.39 Å². The molecule has 0 aromatic heterocycles. The molecule has 0 radical (unpaired) electrons. The predicted molar refractivity (Wildman–Crippen MR) is 79.2 cm³/mol. The van der Waals surface area contributed by atoms with Crippen molar-refractivity contribution >= 4 is 17.5 Å². The maximum atomic E-state index is 12.8. The van der Waals surface area contributed by atoms with E-state index in [4.69, 9.17) is 0 Å². The number of amides is 2. The van der Waals surface area contributed by atoms with Gasteiger partial charge in [-0.2, -0.15) is 0 Å². The lowest BCUT2D eigenvalue weighted by Gasteiger charge is -2.08. The first-order valence-electron chi connectivity index (χ1n) is 6.50. The van der Waals surface area contributed by atoms with Crippen molar-refractivity contribution in [2.45, 2.75) is 6.92 Å². The Balaban J connectivity index is 2.11. The minimum absolute atomic E-state index is 0.130. The molecule has 0 saturated carbocycles. The summed E-state index contributed by atoms with van der Waals surface area (Å²) in [5, 5.41) is 11.0. The summed E-state index contributed by atoms with van der Waals surface area (Å²) in [5.74, 6) is -1.99. The average molecular weight is 317 g/mol.